The summed E-state index contributed by atoms with van der Waals surface area (Å²) < 4.78 is 5.13. The van der Waals surface area contributed by atoms with Gasteiger partial charge >= 0.3 is 0 Å². The largest absolute Gasteiger partial charge is 0.497 e. The van der Waals surface area contributed by atoms with Crippen LogP contribution in [-0.4, -0.2) is 18.0 Å². The Hall–Kier alpha value is -2.07. The van der Waals surface area contributed by atoms with Gasteiger partial charge in [-0.25, -0.2) is 4.98 Å². The zero-order valence-corrected chi connectivity index (χ0v) is 11.1. The lowest BCUT2D eigenvalue weighted by Crippen LogP contribution is -2.22. The van der Waals surface area contributed by atoms with Gasteiger partial charge in [0.15, 0.2) is 0 Å². The maximum absolute atomic E-state index is 12.0. The van der Waals surface area contributed by atoms with Crippen LogP contribution in [0.25, 0.3) is 0 Å². The van der Waals surface area contributed by atoms with E-state index in [0.717, 1.165) is 11.5 Å². The van der Waals surface area contributed by atoms with Gasteiger partial charge in [-0.1, -0.05) is 17.7 Å². The molecule has 0 saturated carbocycles. The number of amides is 1. The van der Waals surface area contributed by atoms with Crippen LogP contribution in [0.2, 0.25) is 5.15 Å². The van der Waals surface area contributed by atoms with Crippen LogP contribution in [-0.2, 0) is 4.74 Å². The average Bonchev–Trinajstić information content (AvgIpc) is 2.64. The van der Waals surface area contributed by atoms with Crippen molar-refractivity contribution in [3.63, 3.8) is 0 Å². The molecule has 1 aliphatic carbocycles. The van der Waals surface area contributed by atoms with Crippen LogP contribution in [0.15, 0.2) is 54.1 Å². The molecule has 1 heterocycles. The fourth-order valence-corrected chi connectivity index (χ4v) is 1.69. The highest BCUT2D eigenvalue weighted by Gasteiger charge is 2.08. The molecule has 1 amide bonds. The minimum atomic E-state index is -0.210. The fraction of sp³-hybridized carbons (Fsp3) is 0.143. The monoisotopic (exact) mass is 276 g/mol. The van der Waals surface area contributed by atoms with Gasteiger partial charge in [0, 0.05) is 18.3 Å². The predicted molar refractivity (Wildman–Crippen MR) is 73.6 cm³/mol. The van der Waals surface area contributed by atoms with Gasteiger partial charge in [-0.3, -0.25) is 4.79 Å². The molecule has 5 heteroatoms. The number of pyridine rings is 1. The van der Waals surface area contributed by atoms with E-state index in [1.807, 2.05) is 24.3 Å². The molecule has 2 rings (SSSR count). The van der Waals surface area contributed by atoms with Crippen molar-refractivity contribution in [2.75, 3.05) is 7.11 Å². The van der Waals surface area contributed by atoms with Gasteiger partial charge in [0.05, 0.1) is 12.7 Å². The fourth-order valence-electron chi connectivity index (χ4n) is 1.58. The van der Waals surface area contributed by atoms with E-state index in [0.29, 0.717) is 17.1 Å². The number of hydrogen-bond acceptors (Lipinski definition) is 3. The van der Waals surface area contributed by atoms with Crippen LogP contribution < -0.4 is 5.32 Å². The van der Waals surface area contributed by atoms with Crippen LogP contribution in [0.1, 0.15) is 16.8 Å². The number of carbonyl (C=O) groups is 1. The van der Waals surface area contributed by atoms with Crippen molar-refractivity contribution in [3.05, 3.63) is 64.8 Å². The molecule has 0 aromatic carbocycles. The zero-order chi connectivity index (χ0) is 13.7. The molecule has 0 unspecified atom stereocenters. The lowest BCUT2D eigenvalue weighted by Gasteiger charge is -2.07. The number of aromatic nitrogens is 1. The van der Waals surface area contributed by atoms with Crippen LogP contribution >= 0.6 is 11.6 Å². The van der Waals surface area contributed by atoms with E-state index in [4.69, 9.17) is 16.3 Å². The van der Waals surface area contributed by atoms with E-state index in [9.17, 15) is 4.79 Å². The van der Waals surface area contributed by atoms with Crippen molar-refractivity contribution < 1.29 is 9.53 Å². The third-order valence-electron chi connectivity index (χ3n) is 2.58. The van der Waals surface area contributed by atoms with Gasteiger partial charge < -0.3 is 10.1 Å². The van der Waals surface area contributed by atoms with Gasteiger partial charge in [-0.05, 0) is 30.4 Å². The Morgan fingerprint density at radius 3 is 3.00 bits per heavy atom. The van der Waals surface area contributed by atoms with Crippen LogP contribution in [0.4, 0.5) is 0 Å². The van der Waals surface area contributed by atoms with Gasteiger partial charge in [-0.15, -0.1) is 0 Å². The predicted octanol–water partition coefficient (Wildman–Crippen LogP) is 2.84. The highest BCUT2D eigenvalue weighted by Crippen LogP contribution is 2.11. The standard InChI is InChI=1S/C14H13ClN2O2/c1-19-12-4-2-3-11(6-7-12)17-14(18)10-5-8-13(15)16-9-10/h2-5,7-9H,6H2,1H3,(H,17,18). The second-order valence-electron chi connectivity index (χ2n) is 3.89. The van der Waals surface area contributed by atoms with E-state index < -0.39 is 0 Å². The van der Waals surface area contributed by atoms with Crippen molar-refractivity contribution in [1.82, 2.24) is 10.3 Å². The van der Waals surface area contributed by atoms with E-state index in [1.165, 1.54) is 6.20 Å². The lowest BCUT2D eigenvalue weighted by atomic mass is 10.2. The summed E-state index contributed by atoms with van der Waals surface area (Å²) in [6, 6.07) is 3.22. The highest BCUT2D eigenvalue weighted by molar-refractivity contribution is 6.29. The van der Waals surface area contributed by atoms with Crippen molar-refractivity contribution in [2.45, 2.75) is 6.42 Å². The first-order valence-electron chi connectivity index (χ1n) is 5.73. The summed E-state index contributed by atoms with van der Waals surface area (Å²) in [6.07, 6.45) is 9.45. The Morgan fingerprint density at radius 1 is 1.47 bits per heavy atom. The Bertz CT molecular complexity index is 559. The van der Waals surface area contributed by atoms with Crippen LogP contribution in [0.3, 0.4) is 0 Å². The first-order valence-corrected chi connectivity index (χ1v) is 6.11. The number of allylic oxidation sites excluding steroid dienone is 4. The normalized spacial score (nSPS) is 14.2. The molecule has 98 valence electrons. The molecule has 0 fully saturated rings. The number of rotatable bonds is 3. The summed E-state index contributed by atoms with van der Waals surface area (Å²) in [7, 11) is 1.61. The van der Waals surface area contributed by atoms with Gasteiger partial charge in [0.2, 0.25) is 0 Å². The van der Waals surface area contributed by atoms with Crippen molar-refractivity contribution in [3.8, 4) is 0 Å². The first kappa shape index (κ1) is 13.4. The summed E-state index contributed by atoms with van der Waals surface area (Å²) in [5.74, 6) is 0.562. The number of nitrogens with zero attached hydrogens (tertiary/aromatic N) is 1. The van der Waals surface area contributed by atoms with E-state index in [-0.39, 0.29) is 5.91 Å². The Balaban J connectivity index is 2.04. The zero-order valence-electron chi connectivity index (χ0n) is 10.4. The number of hydrogen-bond donors (Lipinski definition) is 1. The maximum atomic E-state index is 12.0. The quantitative estimate of drug-likeness (QED) is 0.864. The Morgan fingerprint density at radius 2 is 2.32 bits per heavy atom. The third-order valence-corrected chi connectivity index (χ3v) is 2.80. The van der Waals surface area contributed by atoms with Gasteiger partial charge in [-0.2, -0.15) is 0 Å². The molecule has 1 aliphatic rings. The summed E-state index contributed by atoms with van der Waals surface area (Å²) in [4.78, 5) is 15.9. The molecular formula is C14H13ClN2O2. The lowest BCUT2D eigenvalue weighted by molar-refractivity contribution is 0.0965. The number of methoxy groups -OCH3 is 1. The minimum Gasteiger partial charge on any atom is -0.497 e. The second kappa shape index (κ2) is 6.20. The number of ether oxygens (including phenoxy) is 1. The smallest absolute Gasteiger partial charge is 0.256 e. The van der Waals surface area contributed by atoms with Crippen LogP contribution in [0, 0.1) is 0 Å². The molecule has 0 spiro atoms. The minimum absolute atomic E-state index is 0.210. The van der Waals surface area contributed by atoms with E-state index >= 15 is 0 Å². The first-order chi connectivity index (χ1) is 9.19. The summed E-state index contributed by atoms with van der Waals surface area (Å²) >= 11 is 5.68. The molecule has 0 saturated heterocycles. The summed E-state index contributed by atoms with van der Waals surface area (Å²) in [5.41, 5.74) is 1.26. The molecule has 4 nitrogen and oxygen atoms in total. The molecule has 0 radical (unpaired) electrons. The molecule has 0 aliphatic heterocycles. The second-order valence-corrected chi connectivity index (χ2v) is 4.28. The molecule has 0 bridgehead atoms. The van der Waals surface area contributed by atoms with Crippen LogP contribution in [0.5, 0.6) is 0 Å². The molecule has 1 N–H and O–H groups in total. The number of halogens is 1. The third kappa shape index (κ3) is 3.69. The van der Waals surface area contributed by atoms with Crippen molar-refractivity contribution >= 4 is 17.5 Å². The number of carbonyl (C=O) groups excluding carboxylic acids is 1. The van der Waals surface area contributed by atoms with E-state index in [2.05, 4.69) is 10.3 Å². The highest BCUT2D eigenvalue weighted by atomic mass is 35.5. The summed E-state index contributed by atoms with van der Waals surface area (Å²) in [6.45, 7) is 0. The Labute approximate surface area is 116 Å². The van der Waals surface area contributed by atoms with Gasteiger partial charge in [0.1, 0.15) is 10.9 Å². The molecule has 1 aromatic rings. The van der Waals surface area contributed by atoms with Crippen molar-refractivity contribution in [1.29, 1.82) is 0 Å². The SMILES string of the molecule is COC1=CCC(NC(=O)c2ccc(Cl)nc2)=CC=C1. The Kier molecular flexibility index (Phi) is 4.36. The summed E-state index contributed by atoms with van der Waals surface area (Å²) in [5, 5.41) is 3.19. The topological polar surface area (TPSA) is 51.2 Å². The molecular weight excluding hydrogens is 264 g/mol. The molecule has 0 atom stereocenters. The maximum Gasteiger partial charge on any atom is 0.256 e. The number of nitrogens with one attached hydrogen (secondary N) is 1. The molecule has 19 heavy (non-hydrogen) atoms. The van der Waals surface area contributed by atoms with Gasteiger partial charge in [0.25, 0.3) is 5.91 Å². The molecule has 1 aromatic heterocycles. The average molecular weight is 277 g/mol. The van der Waals surface area contributed by atoms with E-state index in [1.54, 1.807) is 19.2 Å². The van der Waals surface area contributed by atoms with Crippen molar-refractivity contribution in [2.24, 2.45) is 0 Å².